The number of thiophene rings is 1. The lowest BCUT2D eigenvalue weighted by Crippen LogP contribution is -2.11. The predicted molar refractivity (Wildman–Crippen MR) is 101 cm³/mol. The summed E-state index contributed by atoms with van der Waals surface area (Å²) in [5, 5.41) is 21.8. The average molecular weight is 419 g/mol. The second-order valence-electron chi connectivity index (χ2n) is 5.10. The SMILES string of the molecule is O=C(Nc1ccc(F)cc1)c1nnc(CSc2nnc(-c3cccs3)o2)s1. The van der Waals surface area contributed by atoms with Gasteiger partial charge in [-0.1, -0.05) is 29.2 Å². The van der Waals surface area contributed by atoms with E-state index in [-0.39, 0.29) is 10.8 Å². The molecule has 1 amide bonds. The van der Waals surface area contributed by atoms with Crippen molar-refractivity contribution in [3.05, 3.63) is 57.6 Å². The van der Waals surface area contributed by atoms with Gasteiger partial charge in [-0.3, -0.25) is 4.79 Å². The number of benzene rings is 1. The highest BCUT2D eigenvalue weighted by Crippen LogP contribution is 2.28. The normalized spacial score (nSPS) is 10.9. The Morgan fingerprint density at radius 1 is 1.15 bits per heavy atom. The van der Waals surface area contributed by atoms with Crippen molar-refractivity contribution in [2.75, 3.05) is 5.32 Å². The van der Waals surface area contributed by atoms with Crippen LogP contribution in [0.1, 0.15) is 14.8 Å². The van der Waals surface area contributed by atoms with E-state index in [0.717, 1.165) is 4.88 Å². The van der Waals surface area contributed by atoms with Crippen LogP contribution in [0.2, 0.25) is 0 Å². The minimum absolute atomic E-state index is 0.222. The first-order valence-corrected chi connectivity index (χ1v) is 10.2. The third kappa shape index (κ3) is 4.38. The minimum atomic E-state index is -0.395. The molecule has 0 aliphatic heterocycles. The molecule has 0 radical (unpaired) electrons. The molecule has 0 aliphatic rings. The molecule has 3 aromatic heterocycles. The molecule has 0 spiro atoms. The van der Waals surface area contributed by atoms with Gasteiger partial charge < -0.3 is 9.73 Å². The van der Waals surface area contributed by atoms with E-state index in [1.54, 1.807) is 0 Å². The van der Waals surface area contributed by atoms with Gasteiger partial charge in [-0.15, -0.1) is 31.7 Å². The summed E-state index contributed by atoms with van der Waals surface area (Å²) in [6.07, 6.45) is 0. The van der Waals surface area contributed by atoms with Gasteiger partial charge in [0.15, 0.2) is 0 Å². The number of nitrogens with one attached hydrogen (secondary N) is 1. The van der Waals surface area contributed by atoms with Crippen LogP contribution in [0.3, 0.4) is 0 Å². The fourth-order valence-corrected chi connectivity index (χ4v) is 4.14. The van der Waals surface area contributed by atoms with Crippen LogP contribution >= 0.6 is 34.4 Å². The second kappa shape index (κ2) is 7.94. The largest absolute Gasteiger partial charge is 0.410 e. The van der Waals surface area contributed by atoms with E-state index < -0.39 is 5.91 Å². The molecule has 0 unspecified atom stereocenters. The standard InChI is InChI=1S/C16H10FN5O2S3/c17-9-3-5-10(6-4-9)18-13(23)15-21-19-12(27-15)8-26-16-22-20-14(24-16)11-2-1-7-25-11/h1-7H,8H2,(H,18,23). The molecule has 4 rings (SSSR count). The quantitative estimate of drug-likeness (QED) is 0.465. The molecule has 1 N–H and O–H groups in total. The highest BCUT2D eigenvalue weighted by Gasteiger charge is 2.15. The van der Waals surface area contributed by atoms with Gasteiger partial charge in [0.1, 0.15) is 10.8 Å². The molecule has 0 fully saturated rings. The van der Waals surface area contributed by atoms with Gasteiger partial charge >= 0.3 is 0 Å². The highest BCUT2D eigenvalue weighted by molar-refractivity contribution is 7.98. The fraction of sp³-hybridized carbons (Fsp3) is 0.0625. The molecule has 0 saturated heterocycles. The molecular weight excluding hydrogens is 409 g/mol. The summed E-state index contributed by atoms with van der Waals surface area (Å²) in [5.74, 6) is 0.164. The van der Waals surface area contributed by atoms with E-state index in [1.165, 1.54) is 58.7 Å². The molecule has 136 valence electrons. The Labute approximate surface area is 164 Å². The van der Waals surface area contributed by atoms with Crippen LogP contribution in [0.15, 0.2) is 51.4 Å². The van der Waals surface area contributed by atoms with Crippen molar-refractivity contribution >= 4 is 46.0 Å². The van der Waals surface area contributed by atoms with E-state index in [2.05, 4.69) is 25.7 Å². The van der Waals surface area contributed by atoms with Crippen LogP contribution in [-0.4, -0.2) is 26.3 Å². The summed E-state index contributed by atoms with van der Waals surface area (Å²) in [5.41, 5.74) is 0.486. The van der Waals surface area contributed by atoms with Crippen molar-refractivity contribution in [2.45, 2.75) is 11.0 Å². The number of thioether (sulfide) groups is 1. The smallest absolute Gasteiger partial charge is 0.286 e. The Bertz CT molecular complexity index is 1050. The monoisotopic (exact) mass is 419 g/mol. The number of rotatable bonds is 6. The van der Waals surface area contributed by atoms with Crippen LogP contribution in [0, 0.1) is 5.82 Å². The van der Waals surface area contributed by atoms with Crippen molar-refractivity contribution < 1.29 is 13.6 Å². The van der Waals surface area contributed by atoms with Crippen molar-refractivity contribution in [3.63, 3.8) is 0 Å². The molecule has 0 saturated carbocycles. The van der Waals surface area contributed by atoms with Gasteiger partial charge in [0.25, 0.3) is 17.0 Å². The zero-order chi connectivity index (χ0) is 18.6. The van der Waals surface area contributed by atoms with Crippen LogP contribution in [-0.2, 0) is 5.75 Å². The molecule has 0 aliphatic carbocycles. The van der Waals surface area contributed by atoms with E-state index in [0.29, 0.717) is 27.6 Å². The number of hydrogen-bond donors (Lipinski definition) is 1. The third-order valence-electron chi connectivity index (χ3n) is 3.22. The Kier molecular flexibility index (Phi) is 5.23. The number of halogens is 1. The molecular formula is C16H10FN5O2S3. The summed E-state index contributed by atoms with van der Waals surface area (Å²) in [4.78, 5) is 13.1. The second-order valence-corrected chi connectivity index (χ2v) is 8.04. The predicted octanol–water partition coefficient (Wildman–Crippen LogP) is 4.33. The average Bonchev–Trinajstić information content (AvgIpc) is 3.42. The minimum Gasteiger partial charge on any atom is -0.410 e. The first-order valence-electron chi connectivity index (χ1n) is 7.57. The Morgan fingerprint density at radius 3 is 2.78 bits per heavy atom. The van der Waals surface area contributed by atoms with Crippen LogP contribution in [0.4, 0.5) is 10.1 Å². The summed E-state index contributed by atoms with van der Waals surface area (Å²) in [6.45, 7) is 0. The number of carbonyl (C=O) groups excluding carboxylic acids is 1. The molecule has 7 nitrogen and oxygen atoms in total. The van der Waals surface area contributed by atoms with Crippen molar-refractivity contribution in [1.29, 1.82) is 0 Å². The van der Waals surface area contributed by atoms with Gasteiger partial charge in [0.05, 0.1) is 10.6 Å². The molecule has 1 aromatic carbocycles. The first-order chi connectivity index (χ1) is 13.2. The van der Waals surface area contributed by atoms with E-state index in [9.17, 15) is 9.18 Å². The van der Waals surface area contributed by atoms with Crippen molar-refractivity contribution in [2.24, 2.45) is 0 Å². The number of hydrogen-bond acceptors (Lipinski definition) is 9. The van der Waals surface area contributed by atoms with Gasteiger partial charge in [-0.2, -0.15) is 0 Å². The van der Waals surface area contributed by atoms with Gasteiger partial charge in [0, 0.05) is 5.69 Å². The maximum Gasteiger partial charge on any atom is 0.286 e. The topological polar surface area (TPSA) is 93.8 Å². The number of nitrogens with zero attached hydrogens (tertiary/aromatic N) is 4. The third-order valence-corrected chi connectivity index (χ3v) is 6.01. The molecule has 0 bridgehead atoms. The fourth-order valence-electron chi connectivity index (χ4n) is 2.01. The van der Waals surface area contributed by atoms with Gasteiger partial charge in [-0.05, 0) is 35.7 Å². The summed E-state index contributed by atoms with van der Waals surface area (Å²) in [6, 6.07) is 9.32. The Morgan fingerprint density at radius 2 is 2.00 bits per heavy atom. The number of amides is 1. The summed E-state index contributed by atoms with van der Waals surface area (Å²) in [7, 11) is 0. The number of carbonyl (C=O) groups is 1. The number of aromatic nitrogens is 4. The molecule has 4 aromatic rings. The Hall–Kier alpha value is -2.63. The molecule has 0 atom stereocenters. The molecule has 27 heavy (non-hydrogen) atoms. The van der Waals surface area contributed by atoms with E-state index >= 15 is 0 Å². The lowest BCUT2D eigenvalue weighted by molar-refractivity contribution is 0.102. The van der Waals surface area contributed by atoms with E-state index in [1.807, 2.05) is 17.5 Å². The van der Waals surface area contributed by atoms with Crippen molar-refractivity contribution in [3.8, 4) is 10.8 Å². The lowest BCUT2D eigenvalue weighted by atomic mass is 10.3. The lowest BCUT2D eigenvalue weighted by Gasteiger charge is -2.01. The summed E-state index contributed by atoms with van der Waals surface area (Å²) < 4.78 is 18.5. The van der Waals surface area contributed by atoms with Gasteiger partial charge in [0.2, 0.25) is 5.01 Å². The zero-order valence-electron chi connectivity index (χ0n) is 13.5. The molecule has 11 heteroatoms. The maximum atomic E-state index is 12.9. The van der Waals surface area contributed by atoms with E-state index in [4.69, 9.17) is 4.42 Å². The zero-order valence-corrected chi connectivity index (χ0v) is 15.9. The maximum absolute atomic E-state index is 12.9. The molecule has 3 heterocycles. The van der Waals surface area contributed by atoms with Crippen LogP contribution in [0.25, 0.3) is 10.8 Å². The summed E-state index contributed by atoms with van der Waals surface area (Å²) >= 11 is 4.01. The highest BCUT2D eigenvalue weighted by atomic mass is 32.2. The van der Waals surface area contributed by atoms with Crippen LogP contribution in [0.5, 0.6) is 0 Å². The van der Waals surface area contributed by atoms with Gasteiger partial charge in [-0.25, -0.2) is 4.39 Å². The van der Waals surface area contributed by atoms with Crippen LogP contribution < -0.4 is 5.32 Å². The Balaban J connectivity index is 1.35. The van der Waals surface area contributed by atoms with Crippen molar-refractivity contribution in [1.82, 2.24) is 20.4 Å². The first kappa shape index (κ1) is 17.8. The number of anilines is 1.